The van der Waals surface area contributed by atoms with E-state index in [9.17, 15) is 4.79 Å². The molecule has 0 aliphatic heterocycles. The Kier molecular flexibility index (Phi) is 3.98. The molecule has 19 heavy (non-hydrogen) atoms. The monoisotopic (exact) mass is 261 g/mol. The average molecular weight is 261 g/mol. The van der Waals surface area contributed by atoms with Crippen molar-refractivity contribution in [3.63, 3.8) is 0 Å². The van der Waals surface area contributed by atoms with Gasteiger partial charge in [-0.3, -0.25) is 4.79 Å². The van der Waals surface area contributed by atoms with E-state index < -0.39 is 0 Å². The molecule has 0 bridgehead atoms. The van der Waals surface area contributed by atoms with Gasteiger partial charge >= 0.3 is 0 Å². The molecule has 1 fully saturated rings. The maximum absolute atomic E-state index is 12.0. The van der Waals surface area contributed by atoms with Crippen LogP contribution in [0.3, 0.4) is 0 Å². The van der Waals surface area contributed by atoms with E-state index in [1.165, 1.54) is 25.7 Å². The van der Waals surface area contributed by atoms with Crippen molar-refractivity contribution in [2.24, 2.45) is 0 Å². The number of nitrogen functional groups attached to an aromatic ring is 1. The normalized spacial score (nSPS) is 15.5. The molecule has 1 saturated carbocycles. The zero-order valence-corrected chi connectivity index (χ0v) is 12.0. The number of benzene rings is 1. The fourth-order valence-corrected chi connectivity index (χ4v) is 2.73. The standard InChI is InChI=1S/C15H23N3O/c1-17(2)15(19)11-8-9-13(16)14(10-11)18(3)12-6-4-5-7-12/h8-10,12H,4-7,16H2,1-3H3. The van der Waals surface area contributed by atoms with Gasteiger partial charge in [0.2, 0.25) is 0 Å². The van der Waals surface area contributed by atoms with Gasteiger partial charge in [-0.1, -0.05) is 12.8 Å². The first-order chi connectivity index (χ1) is 9.00. The van der Waals surface area contributed by atoms with Crippen LogP contribution >= 0.6 is 0 Å². The van der Waals surface area contributed by atoms with Crippen LogP contribution in [-0.4, -0.2) is 38.0 Å². The van der Waals surface area contributed by atoms with Gasteiger partial charge in [-0.25, -0.2) is 0 Å². The molecule has 4 nitrogen and oxygen atoms in total. The van der Waals surface area contributed by atoms with Crippen molar-refractivity contribution in [2.75, 3.05) is 31.8 Å². The molecule has 0 radical (unpaired) electrons. The van der Waals surface area contributed by atoms with Gasteiger partial charge in [0.25, 0.3) is 5.91 Å². The number of rotatable bonds is 3. The van der Waals surface area contributed by atoms with Crippen molar-refractivity contribution in [3.8, 4) is 0 Å². The van der Waals surface area contributed by atoms with E-state index in [0.717, 1.165) is 11.4 Å². The summed E-state index contributed by atoms with van der Waals surface area (Å²) < 4.78 is 0. The molecule has 0 heterocycles. The highest BCUT2D eigenvalue weighted by Crippen LogP contribution is 2.31. The van der Waals surface area contributed by atoms with E-state index in [1.807, 2.05) is 12.1 Å². The predicted octanol–water partition coefficient (Wildman–Crippen LogP) is 2.35. The zero-order chi connectivity index (χ0) is 14.0. The molecule has 1 aliphatic carbocycles. The van der Waals surface area contributed by atoms with Crippen molar-refractivity contribution in [1.82, 2.24) is 4.90 Å². The Labute approximate surface area is 115 Å². The van der Waals surface area contributed by atoms with Crippen molar-refractivity contribution in [1.29, 1.82) is 0 Å². The lowest BCUT2D eigenvalue weighted by Crippen LogP contribution is -2.30. The predicted molar refractivity (Wildman–Crippen MR) is 79.5 cm³/mol. The van der Waals surface area contributed by atoms with Gasteiger partial charge in [0, 0.05) is 32.7 Å². The van der Waals surface area contributed by atoms with Gasteiger partial charge in [-0.2, -0.15) is 0 Å². The second-order valence-electron chi connectivity index (χ2n) is 5.52. The molecular weight excluding hydrogens is 238 g/mol. The Morgan fingerprint density at radius 1 is 1.21 bits per heavy atom. The summed E-state index contributed by atoms with van der Waals surface area (Å²) in [7, 11) is 5.60. The number of carbonyl (C=O) groups is 1. The zero-order valence-electron chi connectivity index (χ0n) is 12.0. The van der Waals surface area contributed by atoms with Crippen LogP contribution in [0.2, 0.25) is 0 Å². The molecule has 1 aromatic rings. The summed E-state index contributed by atoms with van der Waals surface area (Å²) in [6.07, 6.45) is 4.99. The first-order valence-corrected chi connectivity index (χ1v) is 6.84. The average Bonchev–Trinajstić information content (AvgIpc) is 2.91. The van der Waals surface area contributed by atoms with Crippen LogP contribution in [-0.2, 0) is 0 Å². The van der Waals surface area contributed by atoms with Crippen LogP contribution < -0.4 is 10.6 Å². The quantitative estimate of drug-likeness (QED) is 0.850. The molecule has 1 aromatic carbocycles. The highest BCUT2D eigenvalue weighted by Gasteiger charge is 2.22. The number of amides is 1. The SMILES string of the molecule is CN(C)C(=O)c1ccc(N)c(N(C)C2CCCC2)c1. The minimum absolute atomic E-state index is 0.0149. The Morgan fingerprint density at radius 2 is 1.84 bits per heavy atom. The first-order valence-electron chi connectivity index (χ1n) is 6.84. The molecule has 0 saturated heterocycles. The van der Waals surface area contributed by atoms with Gasteiger partial charge in [-0.15, -0.1) is 0 Å². The Bertz CT molecular complexity index is 464. The van der Waals surface area contributed by atoms with E-state index >= 15 is 0 Å². The molecule has 2 rings (SSSR count). The molecule has 0 aromatic heterocycles. The Morgan fingerprint density at radius 3 is 2.42 bits per heavy atom. The third kappa shape index (κ3) is 2.83. The van der Waals surface area contributed by atoms with Gasteiger partial charge < -0.3 is 15.5 Å². The summed E-state index contributed by atoms with van der Waals surface area (Å²) in [5, 5.41) is 0. The molecular formula is C15H23N3O. The summed E-state index contributed by atoms with van der Waals surface area (Å²) in [5.41, 5.74) is 8.47. The number of nitrogens with zero attached hydrogens (tertiary/aromatic N) is 2. The largest absolute Gasteiger partial charge is 0.397 e. The van der Waals surface area contributed by atoms with E-state index in [1.54, 1.807) is 25.1 Å². The van der Waals surface area contributed by atoms with Crippen LogP contribution in [0.25, 0.3) is 0 Å². The lowest BCUT2D eigenvalue weighted by Gasteiger charge is -2.28. The van der Waals surface area contributed by atoms with Crippen molar-refractivity contribution in [2.45, 2.75) is 31.7 Å². The number of hydrogen-bond donors (Lipinski definition) is 1. The van der Waals surface area contributed by atoms with Crippen LogP contribution in [0.5, 0.6) is 0 Å². The maximum Gasteiger partial charge on any atom is 0.253 e. The highest BCUT2D eigenvalue weighted by molar-refractivity contribution is 5.96. The smallest absolute Gasteiger partial charge is 0.253 e. The second kappa shape index (κ2) is 5.51. The first kappa shape index (κ1) is 13.7. The van der Waals surface area contributed by atoms with Crippen LogP contribution in [0.4, 0.5) is 11.4 Å². The Balaban J connectivity index is 2.28. The topological polar surface area (TPSA) is 49.6 Å². The third-order valence-electron chi connectivity index (χ3n) is 3.94. The fourth-order valence-electron chi connectivity index (χ4n) is 2.73. The minimum atomic E-state index is 0.0149. The lowest BCUT2D eigenvalue weighted by molar-refractivity contribution is 0.0827. The van der Waals surface area contributed by atoms with E-state index in [2.05, 4.69) is 11.9 Å². The summed E-state index contributed by atoms with van der Waals surface area (Å²) in [5.74, 6) is 0.0149. The van der Waals surface area contributed by atoms with Gasteiger partial charge in [0.15, 0.2) is 0 Å². The number of hydrogen-bond acceptors (Lipinski definition) is 3. The molecule has 0 spiro atoms. The molecule has 4 heteroatoms. The van der Waals surface area contributed by atoms with Crippen molar-refractivity contribution >= 4 is 17.3 Å². The van der Waals surface area contributed by atoms with E-state index in [4.69, 9.17) is 5.73 Å². The lowest BCUT2D eigenvalue weighted by atomic mass is 10.1. The van der Waals surface area contributed by atoms with Crippen molar-refractivity contribution < 1.29 is 4.79 Å². The molecule has 104 valence electrons. The van der Waals surface area contributed by atoms with Crippen LogP contribution in [0, 0.1) is 0 Å². The van der Waals surface area contributed by atoms with E-state index in [0.29, 0.717) is 11.6 Å². The van der Waals surface area contributed by atoms with Gasteiger partial charge in [-0.05, 0) is 31.0 Å². The summed E-state index contributed by atoms with van der Waals surface area (Å²) >= 11 is 0. The fraction of sp³-hybridized carbons (Fsp3) is 0.533. The summed E-state index contributed by atoms with van der Waals surface area (Å²) in [6.45, 7) is 0. The molecule has 0 unspecified atom stereocenters. The van der Waals surface area contributed by atoms with Crippen LogP contribution in [0.15, 0.2) is 18.2 Å². The Hall–Kier alpha value is -1.71. The van der Waals surface area contributed by atoms with Crippen molar-refractivity contribution in [3.05, 3.63) is 23.8 Å². The highest BCUT2D eigenvalue weighted by atomic mass is 16.2. The minimum Gasteiger partial charge on any atom is -0.397 e. The molecule has 1 amide bonds. The van der Waals surface area contributed by atoms with E-state index in [-0.39, 0.29) is 5.91 Å². The summed E-state index contributed by atoms with van der Waals surface area (Å²) in [6, 6.07) is 6.09. The molecule has 1 aliphatic rings. The van der Waals surface area contributed by atoms with Crippen LogP contribution in [0.1, 0.15) is 36.0 Å². The maximum atomic E-state index is 12.0. The van der Waals surface area contributed by atoms with Gasteiger partial charge in [0.1, 0.15) is 0 Å². The second-order valence-corrected chi connectivity index (χ2v) is 5.52. The van der Waals surface area contributed by atoms with Gasteiger partial charge in [0.05, 0.1) is 11.4 Å². The number of anilines is 2. The summed E-state index contributed by atoms with van der Waals surface area (Å²) in [4.78, 5) is 15.8. The molecule has 2 N–H and O–H groups in total. The number of nitrogens with two attached hydrogens (primary N) is 1. The third-order valence-corrected chi connectivity index (χ3v) is 3.94. The molecule has 0 atom stereocenters. The number of carbonyl (C=O) groups excluding carboxylic acids is 1.